The van der Waals surface area contributed by atoms with Gasteiger partial charge in [-0.25, -0.2) is 0 Å². The van der Waals surface area contributed by atoms with Gasteiger partial charge in [0.15, 0.2) is 5.58 Å². The van der Waals surface area contributed by atoms with E-state index in [1.165, 1.54) is 0 Å². The van der Waals surface area contributed by atoms with Crippen LogP contribution < -0.4 is 4.90 Å². The van der Waals surface area contributed by atoms with Gasteiger partial charge in [-0.05, 0) is 32.3 Å². The van der Waals surface area contributed by atoms with Crippen LogP contribution in [0.3, 0.4) is 0 Å². The Labute approximate surface area is 119 Å². The first-order valence-electron chi connectivity index (χ1n) is 7.04. The molecule has 1 aliphatic heterocycles. The lowest BCUT2D eigenvalue weighted by Gasteiger charge is -2.36. The molecular weight excluding hydrogens is 252 g/mol. The van der Waals surface area contributed by atoms with Gasteiger partial charge in [0, 0.05) is 24.6 Å². The molecule has 1 saturated heterocycles. The van der Waals surface area contributed by atoms with Crippen molar-refractivity contribution < 1.29 is 9.15 Å². The molecule has 3 heterocycles. The third kappa shape index (κ3) is 2.20. The summed E-state index contributed by atoms with van der Waals surface area (Å²) in [6.45, 7) is 9.82. The van der Waals surface area contributed by atoms with Crippen molar-refractivity contribution in [2.24, 2.45) is 0 Å². The molecule has 4 nitrogen and oxygen atoms in total. The maximum absolute atomic E-state index is 5.67. The number of hydrogen-bond donors (Lipinski definition) is 0. The number of rotatable bonds is 3. The predicted molar refractivity (Wildman–Crippen MR) is 79.9 cm³/mol. The van der Waals surface area contributed by atoms with Gasteiger partial charge in [0.05, 0.1) is 24.6 Å². The highest BCUT2D eigenvalue weighted by Crippen LogP contribution is 2.34. The van der Waals surface area contributed by atoms with Gasteiger partial charge in [-0.2, -0.15) is 0 Å². The lowest BCUT2D eigenvalue weighted by Crippen LogP contribution is -2.40. The summed E-state index contributed by atoms with van der Waals surface area (Å²) in [6.07, 6.45) is 5.78. The number of ether oxygens (including phenoxy) is 1. The number of nitrogens with zero attached hydrogens (tertiary/aromatic N) is 2. The standard InChI is InChI=1S/C16H20N2O2/c1-11(2)18(13-5-4-7-19-10-13)15-12(3)9-17-14-6-8-20-16(14)15/h6,8-9,13H,1,4-5,7,10H2,2-3H3. The van der Waals surface area contributed by atoms with Crippen LogP contribution in [0.2, 0.25) is 0 Å². The highest BCUT2D eigenvalue weighted by Gasteiger charge is 2.26. The maximum atomic E-state index is 5.67. The molecule has 0 radical (unpaired) electrons. The molecule has 1 unspecified atom stereocenters. The summed E-state index contributed by atoms with van der Waals surface area (Å²) >= 11 is 0. The lowest BCUT2D eigenvalue weighted by molar-refractivity contribution is 0.0811. The smallest absolute Gasteiger partial charge is 0.176 e. The molecular formula is C16H20N2O2. The quantitative estimate of drug-likeness (QED) is 0.854. The van der Waals surface area contributed by atoms with Crippen LogP contribution >= 0.6 is 0 Å². The van der Waals surface area contributed by atoms with Crippen LogP contribution in [-0.2, 0) is 4.74 Å². The minimum absolute atomic E-state index is 0.315. The van der Waals surface area contributed by atoms with E-state index in [0.717, 1.165) is 54.1 Å². The Bertz CT molecular complexity index is 626. The molecule has 2 aromatic rings. The fourth-order valence-electron chi connectivity index (χ4n) is 2.90. The Morgan fingerprint density at radius 2 is 2.35 bits per heavy atom. The zero-order chi connectivity index (χ0) is 14.1. The van der Waals surface area contributed by atoms with E-state index in [1.54, 1.807) is 6.26 Å². The third-order valence-electron chi connectivity index (χ3n) is 3.78. The molecule has 0 spiro atoms. The lowest BCUT2D eigenvalue weighted by atomic mass is 10.1. The van der Waals surface area contributed by atoms with Crippen molar-refractivity contribution in [2.45, 2.75) is 32.7 Å². The van der Waals surface area contributed by atoms with Gasteiger partial charge < -0.3 is 14.1 Å². The number of hydrogen-bond acceptors (Lipinski definition) is 4. The van der Waals surface area contributed by atoms with Gasteiger partial charge in [0.1, 0.15) is 5.52 Å². The summed E-state index contributed by atoms with van der Waals surface area (Å²) in [6, 6.07) is 2.21. The van der Waals surface area contributed by atoms with Crippen LogP contribution in [0.25, 0.3) is 11.1 Å². The van der Waals surface area contributed by atoms with Crippen LogP contribution in [0.5, 0.6) is 0 Å². The highest BCUT2D eigenvalue weighted by molar-refractivity contribution is 5.89. The molecule has 1 fully saturated rings. The van der Waals surface area contributed by atoms with Crippen LogP contribution in [0.4, 0.5) is 5.69 Å². The van der Waals surface area contributed by atoms with E-state index in [1.807, 2.05) is 19.2 Å². The Morgan fingerprint density at radius 1 is 1.50 bits per heavy atom. The Hall–Kier alpha value is -1.81. The number of pyridine rings is 1. The Morgan fingerprint density at radius 3 is 3.05 bits per heavy atom. The van der Waals surface area contributed by atoms with Crippen molar-refractivity contribution in [2.75, 3.05) is 18.1 Å². The van der Waals surface area contributed by atoms with E-state index in [0.29, 0.717) is 6.04 Å². The molecule has 0 N–H and O–H groups in total. The number of anilines is 1. The fourth-order valence-corrected chi connectivity index (χ4v) is 2.90. The normalized spacial score (nSPS) is 19.2. The minimum Gasteiger partial charge on any atom is -0.460 e. The molecule has 0 saturated carbocycles. The van der Waals surface area contributed by atoms with Crippen molar-refractivity contribution in [1.82, 2.24) is 4.98 Å². The van der Waals surface area contributed by atoms with E-state index < -0.39 is 0 Å². The first kappa shape index (κ1) is 13.2. The molecule has 2 aromatic heterocycles. The summed E-state index contributed by atoms with van der Waals surface area (Å²) < 4.78 is 11.3. The first-order chi connectivity index (χ1) is 9.68. The number of aromatic nitrogens is 1. The molecule has 3 rings (SSSR count). The monoisotopic (exact) mass is 272 g/mol. The van der Waals surface area contributed by atoms with Gasteiger partial charge in [0.2, 0.25) is 0 Å². The molecule has 0 aliphatic carbocycles. The van der Waals surface area contributed by atoms with E-state index in [-0.39, 0.29) is 0 Å². The molecule has 20 heavy (non-hydrogen) atoms. The molecule has 1 atom stereocenters. The number of allylic oxidation sites excluding steroid dienone is 1. The summed E-state index contributed by atoms with van der Waals surface area (Å²) in [7, 11) is 0. The SMILES string of the molecule is C=C(C)N(c1c(C)cnc2ccoc12)C1CCCOC1. The van der Waals surface area contributed by atoms with Crippen LogP contribution in [0.1, 0.15) is 25.3 Å². The van der Waals surface area contributed by atoms with E-state index in [4.69, 9.17) is 9.15 Å². The van der Waals surface area contributed by atoms with Gasteiger partial charge in [0.25, 0.3) is 0 Å². The summed E-state index contributed by atoms with van der Waals surface area (Å²) in [5.74, 6) is 0. The average molecular weight is 272 g/mol. The van der Waals surface area contributed by atoms with E-state index >= 15 is 0 Å². The molecule has 0 bridgehead atoms. The highest BCUT2D eigenvalue weighted by atomic mass is 16.5. The average Bonchev–Trinajstić information content (AvgIpc) is 2.91. The molecule has 1 aliphatic rings. The molecule has 106 valence electrons. The minimum atomic E-state index is 0.315. The van der Waals surface area contributed by atoms with Gasteiger partial charge in [-0.1, -0.05) is 6.58 Å². The predicted octanol–water partition coefficient (Wildman–Crippen LogP) is 3.66. The second-order valence-corrected chi connectivity index (χ2v) is 5.40. The van der Waals surface area contributed by atoms with Crippen LogP contribution in [0.15, 0.2) is 35.2 Å². The topological polar surface area (TPSA) is 38.5 Å². The van der Waals surface area contributed by atoms with Crippen molar-refractivity contribution in [1.29, 1.82) is 0 Å². The maximum Gasteiger partial charge on any atom is 0.176 e. The summed E-state index contributed by atoms with van der Waals surface area (Å²) in [5.41, 5.74) is 4.89. The molecule has 0 aromatic carbocycles. The summed E-state index contributed by atoms with van der Waals surface area (Å²) in [4.78, 5) is 6.66. The van der Waals surface area contributed by atoms with Crippen molar-refractivity contribution in [3.05, 3.63) is 36.4 Å². The number of furan rings is 1. The summed E-state index contributed by atoms with van der Waals surface area (Å²) in [5, 5.41) is 0. The third-order valence-corrected chi connectivity index (χ3v) is 3.78. The van der Waals surface area contributed by atoms with Crippen LogP contribution in [0, 0.1) is 6.92 Å². The van der Waals surface area contributed by atoms with E-state index in [9.17, 15) is 0 Å². The Kier molecular flexibility index (Phi) is 3.49. The van der Waals surface area contributed by atoms with E-state index in [2.05, 4.69) is 23.4 Å². The Balaban J connectivity index is 2.11. The van der Waals surface area contributed by atoms with Gasteiger partial charge in [-0.15, -0.1) is 0 Å². The van der Waals surface area contributed by atoms with Gasteiger partial charge >= 0.3 is 0 Å². The fraction of sp³-hybridized carbons (Fsp3) is 0.438. The second kappa shape index (κ2) is 5.29. The number of fused-ring (bicyclic) bond motifs is 1. The van der Waals surface area contributed by atoms with Gasteiger partial charge in [-0.3, -0.25) is 4.98 Å². The zero-order valence-electron chi connectivity index (χ0n) is 12.1. The largest absolute Gasteiger partial charge is 0.460 e. The molecule has 0 amide bonds. The van der Waals surface area contributed by atoms with Crippen molar-refractivity contribution in [3.8, 4) is 0 Å². The van der Waals surface area contributed by atoms with Crippen molar-refractivity contribution >= 4 is 16.8 Å². The van der Waals surface area contributed by atoms with Crippen molar-refractivity contribution in [3.63, 3.8) is 0 Å². The first-order valence-corrected chi connectivity index (χ1v) is 7.04. The van der Waals surface area contributed by atoms with Crippen LogP contribution in [-0.4, -0.2) is 24.2 Å². The zero-order valence-corrected chi connectivity index (χ0v) is 12.1. The number of aryl methyl sites for hydroxylation is 1. The second-order valence-electron chi connectivity index (χ2n) is 5.40. The molecule has 4 heteroatoms.